The molecule has 1 heterocycles. The second kappa shape index (κ2) is 8.27. The molecule has 0 saturated heterocycles. The Morgan fingerprint density at radius 2 is 1.96 bits per heavy atom. The molecular weight excluding hydrogens is 346 g/mol. The van der Waals surface area contributed by atoms with E-state index in [4.69, 9.17) is 16.6 Å². The van der Waals surface area contributed by atoms with Gasteiger partial charge < -0.3 is 9.73 Å². The van der Waals surface area contributed by atoms with E-state index in [-0.39, 0.29) is 10.0 Å². The Morgan fingerprint density at radius 1 is 1.25 bits per heavy atom. The van der Waals surface area contributed by atoms with Gasteiger partial charge in [0.25, 0.3) is 10.0 Å². The molecule has 0 aliphatic rings. The zero-order valence-electron chi connectivity index (χ0n) is 13.6. The van der Waals surface area contributed by atoms with E-state index in [2.05, 4.69) is 29.4 Å². The van der Waals surface area contributed by atoms with Gasteiger partial charge in [-0.25, -0.2) is 8.42 Å². The molecule has 1 atom stereocenters. The summed E-state index contributed by atoms with van der Waals surface area (Å²) in [5.41, 5.74) is 3.58. The maximum absolute atomic E-state index is 12.2. The summed E-state index contributed by atoms with van der Waals surface area (Å²) in [5, 5.41) is 3.00. The molecule has 1 aromatic carbocycles. The van der Waals surface area contributed by atoms with Gasteiger partial charge in [-0.3, -0.25) is 5.43 Å². The molecule has 0 aliphatic heterocycles. The molecule has 0 spiro atoms. The number of sulfonamides is 1. The van der Waals surface area contributed by atoms with E-state index in [9.17, 15) is 8.42 Å². The van der Waals surface area contributed by atoms with E-state index in [0.29, 0.717) is 18.2 Å². The fourth-order valence-corrected chi connectivity index (χ4v) is 3.04. The Kier molecular flexibility index (Phi) is 6.36. The zero-order chi connectivity index (χ0) is 17.6. The van der Waals surface area contributed by atoms with Crippen molar-refractivity contribution in [3.05, 3.63) is 54.0 Å². The summed E-state index contributed by atoms with van der Waals surface area (Å²) in [4.78, 5) is 2.43. The monoisotopic (exact) mass is 367 g/mol. The summed E-state index contributed by atoms with van der Waals surface area (Å²) in [6.07, 6.45) is 2.56. The molecule has 24 heavy (non-hydrogen) atoms. The second-order valence-corrected chi connectivity index (χ2v) is 7.46. The molecule has 0 fully saturated rings. The van der Waals surface area contributed by atoms with Gasteiger partial charge in [0.1, 0.15) is 5.76 Å². The van der Waals surface area contributed by atoms with Crippen molar-refractivity contribution in [2.45, 2.75) is 37.6 Å². The van der Waals surface area contributed by atoms with Crippen molar-refractivity contribution in [1.82, 2.24) is 15.6 Å². The minimum absolute atomic E-state index is 0.159. The van der Waals surface area contributed by atoms with Crippen molar-refractivity contribution in [1.29, 1.82) is 0 Å². The number of benzene rings is 1. The predicted octanol–water partition coefficient (Wildman–Crippen LogP) is 2.65. The van der Waals surface area contributed by atoms with Gasteiger partial charge >= 0.3 is 0 Å². The van der Waals surface area contributed by atoms with Gasteiger partial charge in [-0.15, -0.1) is 4.83 Å². The molecule has 3 N–H and O–H groups in total. The van der Waals surface area contributed by atoms with Crippen LogP contribution in [0.1, 0.15) is 37.5 Å². The van der Waals surface area contributed by atoms with Gasteiger partial charge in [0.15, 0.2) is 5.11 Å². The maximum atomic E-state index is 12.2. The van der Waals surface area contributed by atoms with Gasteiger partial charge in [-0.2, -0.15) is 0 Å². The minimum atomic E-state index is -3.69. The highest BCUT2D eigenvalue weighted by atomic mass is 32.2. The Labute approximate surface area is 147 Å². The molecule has 8 heteroatoms. The van der Waals surface area contributed by atoms with Gasteiger partial charge in [-0.1, -0.05) is 26.0 Å². The lowest BCUT2D eigenvalue weighted by Gasteiger charge is -2.13. The van der Waals surface area contributed by atoms with Gasteiger partial charge in [0.2, 0.25) is 0 Å². The summed E-state index contributed by atoms with van der Waals surface area (Å²) in [6, 6.07) is 10.4. The summed E-state index contributed by atoms with van der Waals surface area (Å²) in [7, 11) is -3.69. The van der Waals surface area contributed by atoms with Crippen LogP contribution >= 0.6 is 12.2 Å². The third kappa shape index (κ3) is 5.05. The van der Waals surface area contributed by atoms with Crippen LogP contribution in [0.2, 0.25) is 0 Å². The average Bonchev–Trinajstić information content (AvgIpc) is 3.11. The van der Waals surface area contributed by atoms with Crippen LogP contribution in [-0.2, 0) is 16.6 Å². The number of rotatable bonds is 7. The van der Waals surface area contributed by atoms with Crippen LogP contribution < -0.4 is 15.6 Å². The highest BCUT2D eigenvalue weighted by Gasteiger charge is 2.14. The number of hydrogen-bond acceptors (Lipinski definition) is 4. The highest BCUT2D eigenvalue weighted by molar-refractivity contribution is 7.89. The van der Waals surface area contributed by atoms with E-state index < -0.39 is 10.0 Å². The molecule has 0 saturated carbocycles. The third-order valence-corrected chi connectivity index (χ3v) is 5.18. The normalized spacial score (nSPS) is 12.6. The lowest BCUT2D eigenvalue weighted by Crippen LogP contribution is -2.46. The zero-order valence-corrected chi connectivity index (χ0v) is 15.2. The summed E-state index contributed by atoms with van der Waals surface area (Å²) < 4.78 is 29.6. The fourth-order valence-electron chi connectivity index (χ4n) is 2.01. The fraction of sp³-hybridized carbons (Fsp3) is 0.312. The summed E-state index contributed by atoms with van der Waals surface area (Å²) in [6.45, 7) is 4.56. The van der Waals surface area contributed by atoms with Crippen LogP contribution in [-0.4, -0.2) is 13.5 Å². The van der Waals surface area contributed by atoms with E-state index in [1.54, 1.807) is 30.5 Å². The van der Waals surface area contributed by atoms with Crippen LogP contribution in [0.4, 0.5) is 0 Å². The van der Waals surface area contributed by atoms with Crippen LogP contribution in [0.15, 0.2) is 52.0 Å². The average molecular weight is 367 g/mol. The molecule has 0 unspecified atom stereocenters. The molecule has 130 valence electrons. The van der Waals surface area contributed by atoms with Crippen molar-refractivity contribution in [2.24, 2.45) is 0 Å². The van der Waals surface area contributed by atoms with Crippen LogP contribution in [0, 0.1) is 0 Å². The van der Waals surface area contributed by atoms with Gasteiger partial charge in [0.05, 0.1) is 17.7 Å². The Balaban J connectivity index is 1.89. The molecule has 0 amide bonds. The van der Waals surface area contributed by atoms with Crippen LogP contribution in [0.25, 0.3) is 0 Å². The quantitative estimate of drug-likeness (QED) is 0.515. The molecule has 2 aromatic rings. The van der Waals surface area contributed by atoms with E-state index in [1.165, 1.54) is 0 Å². The Morgan fingerprint density at radius 3 is 2.54 bits per heavy atom. The first-order chi connectivity index (χ1) is 11.4. The number of furan rings is 1. The lowest BCUT2D eigenvalue weighted by atomic mass is 9.99. The van der Waals surface area contributed by atoms with Gasteiger partial charge in [-0.05, 0) is 54.4 Å². The highest BCUT2D eigenvalue weighted by Crippen LogP contribution is 2.20. The van der Waals surface area contributed by atoms with Crippen molar-refractivity contribution in [2.75, 3.05) is 0 Å². The third-order valence-electron chi connectivity index (χ3n) is 3.67. The Bertz CT molecular complexity index is 756. The molecule has 0 aliphatic carbocycles. The standard InChI is InChI=1S/C16H21N3O3S2/c1-3-12(2)13-6-8-15(9-7-13)24(20,21)19-18-16(23)17-11-14-5-4-10-22-14/h4-10,12,19H,3,11H2,1-2H3,(H2,17,18,23)/t12-/m0/s1. The predicted molar refractivity (Wildman–Crippen MR) is 96.8 cm³/mol. The number of nitrogens with one attached hydrogen (secondary N) is 3. The largest absolute Gasteiger partial charge is 0.467 e. The SMILES string of the molecule is CC[C@H](C)c1ccc(S(=O)(=O)NNC(=S)NCc2ccco2)cc1. The first-order valence-electron chi connectivity index (χ1n) is 7.60. The number of hydrazine groups is 1. The van der Waals surface area contributed by atoms with Crippen molar-refractivity contribution < 1.29 is 12.8 Å². The smallest absolute Gasteiger partial charge is 0.257 e. The van der Waals surface area contributed by atoms with Gasteiger partial charge in [0, 0.05) is 0 Å². The van der Waals surface area contributed by atoms with Crippen molar-refractivity contribution in [3.63, 3.8) is 0 Å². The van der Waals surface area contributed by atoms with Crippen LogP contribution in [0.3, 0.4) is 0 Å². The van der Waals surface area contributed by atoms with E-state index >= 15 is 0 Å². The summed E-state index contributed by atoms with van der Waals surface area (Å²) >= 11 is 5.02. The van der Waals surface area contributed by atoms with E-state index in [1.807, 2.05) is 12.1 Å². The Hall–Kier alpha value is -1.90. The first-order valence-corrected chi connectivity index (χ1v) is 9.49. The second-order valence-electron chi connectivity index (χ2n) is 5.37. The van der Waals surface area contributed by atoms with Crippen LogP contribution in [0.5, 0.6) is 0 Å². The molecule has 0 radical (unpaired) electrons. The number of thiocarbonyl (C=S) groups is 1. The lowest BCUT2D eigenvalue weighted by molar-refractivity contribution is 0.502. The minimum Gasteiger partial charge on any atom is -0.467 e. The molecule has 1 aromatic heterocycles. The molecule has 2 rings (SSSR count). The van der Waals surface area contributed by atoms with Crippen molar-refractivity contribution in [3.8, 4) is 0 Å². The first kappa shape index (κ1) is 18.4. The number of hydrogen-bond donors (Lipinski definition) is 3. The van der Waals surface area contributed by atoms with E-state index in [0.717, 1.165) is 12.0 Å². The molecular formula is C16H21N3O3S2. The summed E-state index contributed by atoms with van der Waals surface area (Å²) in [5.74, 6) is 1.09. The maximum Gasteiger partial charge on any atom is 0.257 e. The topological polar surface area (TPSA) is 83.4 Å². The molecule has 6 nitrogen and oxygen atoms in total. The molecule has 0 bridgehead atoms. The van der Waals surface area contributed by atoms with Crippen molar-refractivity contribution >= 4 is 27.4 Å².